The number of aliphatic hydroxyl groups is 1. The number of phenols is 1. The van der Waals surface area contributed by atoms with Crippen LogP contribution in [0.3, 0.4) is 0 Å². The lowest BCUT2D eigenvalue weighted by molar-refractivity contribution is -0.00942. The number of aromatic hydroxyl groups is 1. The van der Waals surface area contributed by atoms with Crippen LogP contribution in [-0.4, -0.2) is 29.0 Å². The first-order chi connectivity index (χ1) is 9.72. The van der Waals surface area contributed by atoms with Crippen LogP contribution in [0.5, 0.6) is 17.2 Å². The van der Waals surface area contributed by atoms with E-state index in [1.165, 1.54) is 0 Å². The predicted octanol–water partition coefficient (Wildman–Crippen LogP) is 2.14. The Bertz CT molecular complexity index is 597. The van der Waals surface area contributed by atoms with Crippen molar-refractivity contribution in [2.24, 2.45) is 0 Å². The van der Waals surface area contributed by atoms with Gasteiger partial charge in [-0.05, 0) is 29.8 Å². The van der Waals surface area contributed by atoms with Crippen LogP contribution in [0.4, 0.5) is 0 Å². The fraction of sp³-hybridized carbons (Fsp3) is 0.250. The molecule has 0 spiro atoms. The minimum Gasteiger partial charge on any atom is -0.508 e. The van der Waals surface area contributed by atoms with Crippen molar-refractivity contribution in [3.05, 3.63) is 54.1 Å². The van der Waals surface area contributed by atoms with E-state index in [0.717, 1.165) is 5.56 Å². The van der Waals surface area contributed by atoms with Crippen LogP contribution in [0.15, 0.2) is 48.5 Å². The van der Waals surface area contributed by atoms with E-state index < -0.39 is 12.2 Å². The average molecular weight is 272 g/mol. The van der Waals surface area contributed by atoms with Gasteiger partial charge in [0.05, 0.1) is 6.10 Å². The Hall–Kier alpha value is -2.20. The number of fused-ring (bicyclic) bond motifs is 1. The number of rotatable bonds is 3. The Kier molecular flexibility index (Phi) is 3.48. The Morgan fingerprint density at radius 3 is 2.70 bits per heavy atom. The molecule has 0 aromatic heterocycles. The number of ether oxygens (including phenoxy) is 2. The second-order valence-corrected chi connectivity index (χ2v) is 4.86. The fourth-order valence-corrected chi connectivity index (χ4v) is 2.28. The van der Waals surface area contributed by atoms with Crippen molar-refractivity contribution in [1.82, 2.24) is 0 Å². The molecule has 2 aromatic rings. The van der Waals surface area contributed by atoms with Crippen molar-refractivity contribution in [2.75, 3.05) is 6.61 Å². The van der Waals surface area contributed by atoms with Gasteiger partial charge in [0, 0.05) is 6.42 Å². The van der Waals surface area contributed by atoms with Crippen LogP contribution in [0.2, 0.25) is 0 Å². The van der Waals surface area contributed by atoms with Crippen molar-refractivity contribution in [3.63, 3.8) is 0 Å². The summed E-state index contributed by atoms with van der Waals surface area (Å²) < 4.78 is 11.3. The Balaban J connectivity index is 1.68. The van der Waals surface area contributed by atoms with E-state index in [1.54, 1.807) is 18.2 Å². The van der Waals surface area contributed by atoms with Gasteiger partial charge in [0.15, 0.2) is 17.6 Å². The highest BCUT2D eigenvalue weighted by atomic mass is 16.6. The molecule has 0 bridgehead atoms. The molecule has 0 saturated heterocycles. The second kappa shape index (κ2) is 5.43. The smallest absolute Gasteiger partial charge is 0.161 e. The van der Waals surface area contributed by atoms with E-state index in [0.29, 0.717) is 24.5 Å². The molecule has 3 rings (SSSR count). The monoisotopic (exact) mass is 272 g/mol. The van der Waals surface area contributed by atoms with Crippen LogP contribution in [0.1, 0.15) is 5.56 Å². The lowest BCUT2D eigenvalue weighted by atomic mass is 10.0. The van der Waals surface area contributed by atoms with Crippen molar-refractivity contribution in [2.45, 2.75) is 18.6 Å². The van der Waals surface area contributed by atoms with E-state index in [1.807, 2.05) is 30.3 Å². The molecule has 0 fully saturated rings. The quantitative estimate of drug-likeness (QED) is 0.898. The van der Waals surface area contributed by atoms with Gasteiger partial charge in [0.25, 0.3) is 0 Å². The first kappa shape index (κ1) is 12.8. The number of hydrogen-bond acceptors (Lipinski definition) is 4. The number of phenolic OH excluding ortho intramolecular Hbond substituents is 1. The van der Waals surface area contributed by atoms with Gasteiger partial charge < -0.3 is 19.7 Å². The summed E-state index contributed by atoms with van der Waals surface area (Å²) in [5.41, 5.74) is 0.861. The molecule has 1 aliphatic heterocycles. The average Bonchev–Trinajstić information content (AvgIpc) is 2.47. The number of aliphatic hydroxyl groups excluding tert-OH is 1. The highest BCUT2D eigenvalue weighted by Gasteiger charge is 2.27. The van der Waals surface area contributed by atoms with Gasteiger partial charge in [-0.3, -0.25) is 0 Å². The van der Waals surface area contributed by atoms with Gasteiger partial charge in [0.2, 0.25) is 0 Å². The van der Waals surface area contributed by atoms with Crippen LogP contribution in [0, 0.1) is 0 Å². The summed E-state index contributed by atoms with van der Waals surface area (Å²) in [7, 11) is 0. The number of benzene rings is 2. The summed E-state index contributed by atoms with van der Waals surface area (Å²) in [5.74, 6) is 1.55. The van der Waals surface area contributed by atoms with Gasteiger partial charge in [0.1, 0.15) is 12.4 Å². The van der Waals surface area contributed by atoms with Gasteiger partial charge in [-0.2, -0.15) is 0 Å². The molecule has 104 valence electrons. The molecule has 2 N–H and O–H groups in total. The van der Waals surface area contributed by atoms with E-state index in [2.05, 4.69) is 0 Å². The van der Waals surface area contributed by atoms with Crippen molar-refractivity contribution < 1.29 is 19.7 Å². The first-order valence-corrected chi connectivity index (χ1v) is 6.57. The standard InChI is InChI=1S/C16H16O4/c17-12-5-3-4-11(8-12)9-13(18)16-10-19-14-6-1-2-7-15(14)20-16/h1-8,13,16-18H,9-10H2. The zero-order chi connectivity index (χ0) is 13.9. The zero-order valence-electron chi connectivity index (χ0n) is 10.9. The van der Waals surface area contributed by atoms with Crippen LogP contribution < -0.4 is 9.47 Å². The molecule has 2 atom stereocenters. The highest BCUT2D eigenvalue weighted by Crippen LogP contribution is 2.32. The van der Waals surface area contributed by atoms with E-state index >= 15 is 0 Å². The van der Waals surface area contributed by atoms with Crippen LogP contribution in [0.25, 0.3) is 0 Å². The molecule has 0 radical (unpaired) electrons. The van der Waals surface area contributed by atoms with Gasteiger partial charge in [-0.1, -0.05) is 24.3 Å². The third-order valence-corrected chi connectivity index (χ3v) is 3.32. The van der Waals surface area contributed by atoms with Crippen LogP contribution in [-0.2, 0) is 6.42 Å². The van der Waals surface area contributed by atoms with Crippen molar-refractivity contribution in [1.29, 1.82) is 0 Å². The summed E-state index contributed by atoms with van der Waals surface area (Å²) >= 11 is 0. The second-order valence-electron chi connectivity index (χ2n) is 4.86. The molecule has 2 unspecified atom stereocenters. The lowest BCUT2D eigenvalue weighted by Gasteiger charge is -2.29. The highest BCUT2D eigenvalue weighted by molar-refractivity contribution is 5.40. The predicted molar refractivity (Wildman–Crippen MR) is 74.2 cm³/mol. The topological polar surface area (TPSA) is 58.9 Å². The van der Waals surface area contributed by atoms with E-state index in [4.69, 9.17) is 9.47 Å². The minimum atomic E-state index is -0.690. The largest absolute Gasteiger partial charge is 0.508 e. The SMILES string of the molecule is Oc1cccc(CC(O)C2COc3ccccc3O2)c1. The summed E-state index contributed by atoms with van der Waals surface area (Å²) in [6.07, 6.45) is -0.692. The maximum absolute atomic E-state index is 10.3. The molecular weight excluding hydrogens is 256 g/mol. The number of para-hydroxylation sites is 2. The molecule has 0 aliphatic carbocycles. The van der Waals surface area contributed by atoms with E-state index in [9.17, 15) is 10.2 Å². The van der Waals surface area contributed by atoms with E-state index in [-0.39, 0.29) is 5.75 Å². The Labute approximate surface area is 117 Å². The van der Waals surface area contributed by atoms with Crippen molar-refractivity contribution >= 4 is 0 Å². The molecule has 0 amide bonds. The molecule has 0 saturated carbocycles. The third-order valence-electron chi connectivity index (χ3n) is 3.32. The third kappa shape index (κ3) is 2.70. The van der Waals surface area contributed by atoms with Gasteiger partial charge in [-0.25, -0.2) is 0 Å². The Morgan fingerprint density at radius 1 is 1.10 bits per heavy atom. The van der Waals surface area contributed by atoms with Crippen LogP contribution >= 0.6 is 0 Å². The molecule has 20 heavy (non-hydrogen) atoms. The fourth-order valence-electron chi connectivity index (χ4n) is 2.28. The molecule has 1 aliphatic rings. The first-order valence-electron chi connectivity index (χ1n) is 6.57. The molecule has 4 heteroatoms. The summed E-state index contributed by atoms with van der Waals surface area (Å²) in [6.45, 7) is 0.316. The normalized spacial score (nSPS) is 18.6. The maximum atomic E-state index is 10.3. The molecular formula is C16H16O4. The minimum absolute atomic E-state index is 0.195. The summed E-state index contributed by atoms with van der Waals surface area (Å²) in [5, 5.41) is 19.7. The Morgan fingerprint density at radius 2 is 1.90 bits per heavy atom. The summed E-state index contributed by atoms with van der Waals surface area (Å²) in [4.78, 5) is 0. The molecule has 4 nitrogen and oxygen atoms in total. The van der Waals surface area contributed by atoms with Gasteiger partial charge >= 0.3 is 0 Å². The zero-order valence-corrected chi connectivity index (χ0v) is 10.9. The van der Waals surface area contributed by atoms with Crippen molar-refractivity contribution in [3.8, 4) is 17.2 Å². The lowest BCUT2D eigenvalue weighted by Crippen LogP contribution is -2.40. The molecule has 2 aromatic carbocycles. The summed E-state index contributed by atoms with van der Waals surface area (Å²) in [6, 6.07) is 14.3. The number of hydrogen-bond donors (Lipinski definition) is 2. The maximum Gasteiger partial charge on any atom is 0.161 e. The molecule has 1 heterocycles. The van der Waals surface area contributed by atoms with Gasteiger partial charge in [-0.15, -0.1) is 0 Å².